The van der Waals surface area contributed by atoms with Crippen LogP contribution in [-0.2, 0) is 0 Å². The standard InChI is InChI=1S/C13H11Cl2NO/c14-8-5-6-12(16)10(7-8)13(17)9-3-1-2-4-11(9)15/h1-7,13,17H,16H2/t13-/m1/s1. The van der Waals surface area contributed by atoms with E-state index < -0.39 is 6.10 Å². The normalized spacial score (nSPS) is 12.4. The van der Waals surface area contributed by atoms with Crippen LogP contribution in [-0.4, -0.2) is 5.11 Å². The van der Waals surface area contributed by atoms with Crippen molar-refractivity contribution >= 4 is 28.9 Å². The van der Waals surface area contributed by atoms with E-state index in [9.17, 15) is 5.11 Å². The molecule has 3 N–H and O–H groups in total. The Labute approximate surface area is 110 Å². The van der Waals surface area contributed by atoms with E-state index in [1.807, 2.05) is 6.07 Å². The smallest absolute Gasteiger partial charge is 0.108 e. The van der Waals surface area contributed by atoms with Gasteiger partial charge in [0.25, 0.3) is 0 Å². The van der Waals surface area contributed by atoms with Crippen molar-refractivity contribution in [3.05, 3.63) is 63.6 Å². The number of nitrogen functional groups attached to an aromatic ring is 1. The van der Waals surface area contributed by atoms with Crippen molar-refractivity contribution in [1.29, 1.82) is 0 Å². The lowest BCUT2D eigenvalue weighted by molar-refractivity contribution is 0.221. The minimum Gasteiger partial charge on any atom is -0.398 e. The predicted octanol–water partition coefficient (Wildman–Crippen LogP) is 3.66. The maximum Gasteiger partial charge on any atom is 0.108 e. The lowest BCUT2D eigenvalue weighted by atomic mass is 10.00. The van der Waals surface area contributed by atoms with Gasteiger partial charge in [0.15, 0.2) is 0 Å². The molecule has 0 aliphatic rings. The molecular formula is C13H11Cl2NO. The zero-order valence-electron chi connectivity index (χ0n) is 8.90. The maximum absolute atomic E-state index is 10.3. The monoisotopic (exact) mass is 267 g/mol. The summed E-state index contributed by atoms with van der Waals surface area (Å²) < 4.78 is 0. The summed E-state index contributed by atoms with van der Waals surface area (Å²) in [7, 11) is 0. The molecule has 0 heterocycles. The molecule has 0 aliphatic carbocycles. The zero-order valence-corrected chi connectivity index (χ0v) is 10.4. The van der Waals surface area contributed by atoms with Crippen molar-refractivity contribution < 1.29 is 5.11 Å². The number of hydrogen-bond donors (Lipinski definition) is 2. The van der Waals surface area contributed by atoms with Crippen LogP contribution in [0.25, 0.3) is 0 Å². The van der Waals surface area contributed by atoms with Crippen LogP contribution in [0.15, 0.2) is 42.5 Å². The van der Waals surface area contributed by atoms with Gasteiger partial charge in [-0.15, -0.1) is 0 Å². The summed E-state index contributed by atoms with van der Waals surface area (Å²) in [4.78, 5) is 0. The highest BCUT2D eigenvalue weighted by Gasteiger charge is 2.16. The van der Waals surface area contributed by atoms with E-state index in [1.165, 1.54) is 0 Å². The fourth-order valence-corrected chi connectivity index (χ4v) is 2.07. The second kappa shape index (κ2) is 4.96. The van der Waals surface area contributed by atoms with E-state index in [-0.39, 0.29) is 0 Å². The number of aliphatic hydroxyl groups excluding tert-OH is 1. The van der Waals surface area contributed by atoms with E-state index in [2.05, 4.69) is 0 Å². The summed E-state index contributed by atoms with van der Waals surface area (Å²) in [6.07, 6.45) is -0.873. The summed E-state index contributed by atoms with van der Waals surface area (Å²) in [5, 5.41) is 11.3. The van der Waals surface area contributed by atoms with E-state index >= 15 is 0 Å². The molecule has 0 saturated carbocycles. The van der Waals surface area contributed by atoms with E-state index in [0.717, 1.165) is 0 Å². The lowest BCUT2D eigenvalue weighted by Gasteiger charge is -2.15. The first kappa shape index (κ1) is 12.2. The Balaban J connectivity index is 2.47. The molecule has 0 aromatic heterocycles. The van der Waals surface area contributed by atoms with Crippen LogP contribution in [0.5, 0.6) is 0 Å². The van der Waals surface area contributed by atoms with Crippen LogP contribution in [0.3, 0.4) is 0 Å². The molecule has 0 bridgehead atoms. The lowest BCUT2D eigenvalue weighted by Crippen LogP contribution is -2.04. The van der Waals surface area contributed by atoms with Crippen molar-refractivity contribution in [1.82, 2.24) is 0 Å². The third-order valence-electron chi connectivity index (χ3n) is 2.54. The first-order chi connectivity index (χ1) is 8.09. The SMILES string of the molecule is Nc1ccc(Cl)cc1[C@H](O)c1ccccc1Cl. The second-order valence-corrected chi connectivity index (χ2v) is 4.54. The fourth-order valence-electron chi connectivity index (χ4n) is 1.65. The number of aliphatic hydroxyl groups is 1. The molecular weight excluding hydrogens is 257 g/mol. The van der Waals surface area contributed by atoms with Gasteiger partial charge in [-0.05, 0) is 24.3 Å². The Morgan fingerprint density at radius 3 is 2.41 bits per heavy atom. The van der Waals surface area contributed by atoms with Crippen LogP contribution >= 0.6 is 23.2 Å². The largest absolute Gasteiger partial charge is 0.398 e. The molecule has 0 unspecified atom stereocenters. The van der Waals surface area contributed by atoms with Gasteiger partial charge in [-0.25, -0.2) is 0 Å². The molecule has 2 aromatic rings. The summed E-state index contributed by atoms with van der Waals surface area (Å²) >= 11 is 11.9. The molecule has 0 spiro atoms. The van der Waals surface area contributed by atoms with Gasteiger partial charge < -0.3 is 10.8 Å². The van der Waals surface area contributed by atoms with Gasteiger partial charge in [-0.3, -0.25) is 0 Å². The quantitative estimate of drug-likeness (QED) is 0.816. The molecule has 4 heteroatoms. The third kappa shape index (κ3) is 2.55. The van der Waals surface area contributed by atoms with Gasteiger partial charge in [0.2, 0.25) is 0 Å². The average molecular weight is 268 g/mol. The molecule has 1 atom stereocenters. The van der Waals surface area contributed by atoms with Gasteiger partial charge in [0.05, 0.1) is 0 Å². The molecule has 0 amide bonds. The average Bonchev–Trinajstić information content (AvgIpc) is 2.32. The Kier molecular flexibility index (Phi) is 3.57. The van der Waals surface area contributed by atoms with Crippen molar-refractivity contribution in [3.63, 3.8) is 0 Å². The Morgan fingerprint density at radius 1 is 1.00 bits per heavy atom. The number of anilines is 1. The molecule has 88 valence electrons. The van der Waals surface area contributed by atoms with Crippen LogP contribution < -0.4 is 5.73 Å². The Bertz CT molecular complexity index is 543. The number of hydrogen-bond acceptors (Lipinski definition) is 2. The molecule has 2 aromatic carbocycles. The van der Waals surface area contributed by atoms with Crippen LogP contribution in [0.2, 0.25) is 10.0 Å². The topological polar surface area (TPSA) is 46.2 Å². The highest BCUT2D eigenvalue weighted by Crippen LogP contribution is 2.32. The maximum atomic E-state index is 10.3. The fraction of sp³-hybridized carbons (Fsp3) is 0.0769. The molecule has 2 nitrogen and oxygen atoms in total. The summed E-state index contributed by atoms with van der Waals surface area (Å²) in [6.45, 7) is 0. The van der Waals surface area contributed by atoms with Gasteiger partial charge in [-0.1, -0.05) is 41.4 Å². The van der Waals surface area contributed by atoms with Crippen LogP contribution in [0.1, 0.15) is 17.2 Å². The molecule has 0 aliphatic heterocycles. The van der Waals surface area contributed by atoms with E-state index in [1.54, 1.807) is 36.4 Å². The Hall–Kier alpha value is -1.22. The van der Waals surface area contributed by atoms with Crippen LogP contribution in [0, 0.1) is 0 Å². The van der Waals surface area contributed by atoms with E-state index in [0.29, 0.717) is 26.9 Å². The van der Waals surface area contributed by atoms with Gasteiger partial charge in [-0.2, -0.15) is 0 Å². The molecule has 2 rings (SSSR count). The number of nitrogens with two attached hydrogens (primary N) is 1. The zero-order chi connectivity index (χ0) is 12.4. The Morgan fingerprint density at radius 2 is 1.71 bits per heavy atom. The molecule has 0 radical (unpaired) electrons. The summed E-state index contributed by atoms with van der Waals surface area (Å²) in [6, 6.07) is 12.1. The first-order valence-electron chi connectivity index (χ1n) is 5.07. The number of benzene rings is 2. The minimum absolute atomic E-state index is 0.488. The first-order valence-corrected chi connectivity index (χ1v) is 5.82. The molecule has 0 saturated heterocycles. The van der Waals surface area contributed by atoms with Crippen molar-refractivity contribution in [3.8, 4) is 0 Å². The number of halogens is 2. The summed E-state index contributed by atoms with van der Waals surface area (Å²) in [5.41, 5.74) is 7.48. The van der Waals surface area contributed by atoms with Crippen molar-refractivity contribution in [2.24, 2.45) is 0 Å². The minimum atomic E-state index is -0.873. The molecule has 0 fully saturated rings. The van der Waals surface area contributed by atoms with Gasteiger partial charge in [0.1, 0.15) is 6.10 Å². The van der Waals surface area contributed by atoms with Crippen molar-refractivity contribution in [2.45, 2.75) is 6.10 Å². The second-order valence-electron chi connectivity index (χ2n) is 3.70. The highest BCUT2D eigenvalue weighted by molar-refractivity contribution is 6.31. The van der Waals surface area contributed by atoms with Crippen molar-refractivity contribution in [2.75, 3.05) is 5.73 Å². The van der Waals surface area contributed by atoms with Crippen LogP contribution in [0.4, 0.5) is 5.69 Å². The highest BCUT2D eigenvalue weighted by atomic mass is 35.5. The van der Waals surface area contributed by atoms with Gasteiger partial charge >= 0.3 is 0 Å². The predicted molar refractivity (Wildman–Crippen MR) is 71.4 cm³/mol. The summed E-state index contributed by atoms with van der Waals surface area (Å²) in [5.74, 6) is 0. The van der Waals surface area contributed by atoms with Gasteiger partial charge in [0, 0.05) is 26.9 Å². The number of rotatable bonds is 2. The molecule has 17 heavy (non-hydrogen) atoms. The van der Waals surface area contributed by atoms with E-state index in [4.69, 9.17) is 28.9 Å². The third-order valence-corrected chi connectivity index (χ3v) is 3.12.